The molecule has 0 saturated carbocycles. The molecule has 2 amide bonds. The van der Waals surface area contributed by atoms with E-state index in [9.17, 15) is 22.4 Å². The summed E-state index contributed by atoms with van der Waals surface area (Å²) in [7, 11) is -4.11. The highest BCUT2D eigenvalue weighted by molar-refractivity contribution is 7.93. The van der Waals surface area contributed by atoms with Gasteiger partial charge < -0.3 is 4.90 Å². The molecule has 33 heavy (non-hydrogen) atoms. The number of hydrogen-bond acceptors (Lipinski definition) is 4. The van der Waals surface area contributed by atoms with E-state index >= 15 is 0 Å². The predicted octanol–water partition coefficient (Wildman–Crippen LogP) is 4.74. The molecule has 178 valence electrons. The summed E-state index contributed by atoms with van der Waals surface area (Å²) in [4.78, 5) is 27.9. The molecule has 2 aromatic rings. The Labute approximate surface area is 195 Å². The summed E-state index contributed by atoms with van der Waals surface area (Å²) < 4.78 is 40.4. The normalized spacial score (nSPS) is 12.8. The first kappa shape index (κ1) is 26.3. The molecule has 0 spiro atoms. The van der Waals surface area contributed by atoms with Crippen LogP contribution >= 0.6 is 0 Å². The molecule has 6 nitrogen and oxygen atoms in total. The van der Waals surface area contributed by atoms with Crippen LogP contribution in [0.2, 0.25) is 0 Å². The maximum Gasteiger partial charge on any atom is 0.257 e. The molecule has 1 unspecified atom stereocenters. The third-order valence-electron chi connectivity index (χ3n) is 4.99. The summed E-state index contributed by atoms with van der Waals surface area (Å²) in [6, 6.07) is 13.9. The number of rotatable bonds is 10. The summed E-state index contributed by atoms with van der Waals surface area (Å²) >= 11 is 0. The standard InChI is InChI=1S/C25H31FN2O4S/c1-18(2)10-15-23(25(30)28(19(3)4)22-13-11-21(26)12-14-22)24(29)27-33(31,32)17-16-20-8-6-5-7-9-20/h5-9,11-14,16-19,23H,10,15H2,1-4H3,(H,27,29). The van der Waals surface area contributed by atoms with Gasteiger partial charge in [0.1, 0.15) is 11.7 Å². The minimum Gasteiger partial charge on any atom is -0.309 e. The van der Waals surface area contributed by atoms with Gasteiger partial charge in [-0.25, -0.2) is 17.5 Å². The molecule has 0 heterocycles. The lowest BCUT2D eigenvalue weighted by atomic mass is 9.95. The van der Waals surface area contributed by atoms with Gasteiger partial charge in [0.05, 0.1) is 5.41 Å². The third-order valence-corrected chi connectivity index (χ3v) is 5.97. The third kappa shape index (κ3) is 8.13. The van der Waals surface area contributed by atoms with Crippen molar-refractivity contribution in [3.05, 3.63) is 71.4 Å². The zero-order chi connectivity index (χ0) is 24.6. The van der Waals surface area contributed by atoms with Crippen LogP contribution in [0, 0.1) is 17.7 Å². The van der Waals surface area contributed by atoms with E-state index in [2.05, 4.69) is 0 Å². The predicted molar refractivity (Wildman–Crippen MR) is 129 cm³/mol. The fraction of sp³-hybridized carbons (Fsp3) is 0.360. The molecule has 0 bridgehead atoms. The van der Waals surface area contributed by atoms with Gasteiger partial charge in [-0.3, -0.25) is 9.59 Å². The van der Waals surface area contributed by atoms with Gasteiger partial charge in [-0.15, -0.1) is 0 Å². The fourth-order valence-electron chi connectivity index (χ4n) is 3.29. The first-order chi connectivity index (χ1) is 15.5. The summed E-state index contributed by atoms with van der Waals surface area (Å²) in [5.74, 6) is -2.86. The van der Waals surface area contributed by atoms with Crippen molar-refractivity contribution in [2.24, 2.45) is 11.8 Å². The topological polar surface area (TPSA) is 83.5 Å². The van der Waals surface area contributed by atoms with Gasteiger partial charge in [-0.05, 0) is 68.5 Å². The Morgan fingerprint density at radius 1 is 0.970 bits per heavy atom. The van der Waals surface area contributed by atoms with Crippen molar-refractivity contribution in [3.63, 3.8) is 0 Å². The van der Waals surface area contributed by atoms with E-state index < -0.39 is 33.6 Å². The molecule has 2 rings (SSSR count). The molecular formula is C25H31FN2O4S. The lowest BCUT2D eigenvalue weighted by Gasteiger charge is -2.30. The van der Waals surface area contributed by atoms with Crippen LogP contribution in [0.15, 0.2) is 60.0 Å². The summed E-state index contributed by atoms with van der Waals surface area (Å²) in [6.45, 7) is 7.47. The Hall–Kier alpha value is -3.00. The van der Waals surface area contributed by atoms with Crippen LogP contribution in [-0.4, -0.2) is 26.3 Å². The van der Waals surface area contributed by atoms with Gasteiger partial charge in [-0.1, -0.05) is 44.2 Å². The van der Waals surface area contributed by atoms with Crippen LogP contribution in [-0.2, 0) is 19.6 Å². The van der Waals surface area contributed by atoms with Crippen molar-refractivity contribution in [3.8, 4) is 0 Å². The number of hydrogen-bond donors (Lipinski definition) is 1. The van der Waals surface area contributed by atoms with E-state index in [0.717, 1.165) is 5.41 Å². The Morgan fingerprint density at radius 2 is 1.58 bits per heavy atom. The Morgan fingerprint density at radius 3 is 2.12 bits per heavy atom. The molecule has 0 saturated heterocycles. The summed E-state index contributed by atoms with van der Waals surface area (Å²) in [5.41, 5.74) is 1.09. The number of halogens is 1. The van der Waals surface area contributed by atoms with Crippen LogP contribution in [0.3, 0.4) is 0 Å². The maximum atomic E-state index is 13.4. The van der Waals surface area contributed by atoms with Gasteiger partial charge >= 0.3 is 0 Å². The van der Waals surface area contributed by atoms with Gasteiger partial charge in [-0.2, -0.15) is 0 Å². The number of amides is 2. The van der Waals surface area contributed by atoms with Gasteiger partial charge in [0, 0.05) is 11.7 Å². The Balaban J connectivity index is 2.29. The van der Waals surface area contributed by atoms with Crippen molar-refractivity contribution < 1.29 is 22.4 Å². The minimum absolute atomic E-state index is 0.185. The average Bonchev–Trinajstić information content (AvgIpc) is 2.74. The molecule has 2 aromatic carbocycles. The Kier molecular flexibility index (Phi) is 9.34. The molecule has 0 aliphatic heterocycles. The minimum atomic E-state index is -4.11. The SMILES string of the molecule is CC(C)CCC(C(=O)NS(=O)(=O)C=Cc1ccccc1)C(=O)N(c1ccc(F)cc1)C(C)C. The summed E-state index contributed by atoms with van der Waals surface area (Å²) in [6.07, 6.45) is 2.11. The molecule has 0 aliphatic carbocycles. The second kappa shape index (κ2) is 11.7. The first-order valence-electron chi connectivity index (χ1n) is 10.9. The molecule has 0 aliphatic rings. The van der Waals surface area contributed by atoms with Crippen molar-refractivity contribution in [2.45, 2.75) is 46.6 Å². The number of carbonyl (C=O) groups is 2. The van der Waals surface area contributed by atoms with Crippen molar-refractivity contribution in [2.75, 3.05) is 4.90 Å². The van der Waals surface area contributed by atoms with Gasteiger partial charge in [0.25, 0.3) is 10.0 Å². The first-order valence-corrected chi connectivity index (χ1v) is 12.4. The zero-order valence-electron chi connectivity index (χ0n) is 19.4. The fourth-order valence-corrected chi connectivity index (χ4v) is 4.12. The van der Waals surface area contributed by atoms with E-state index in [-0.39, 0.29) is 18.4 Å². The average molecular weight is 475 g/mol. The molecule has 8 heteroatoms. The monoisotopic (exact) mass is 474 g/mol. The van der Waals surface area contributed by atoms with Crippen molar-refractivity contribution >= 4 is 33.6 Å². The van der Waals surface area contributed by atoms with E-state index in [0.29, 0.717) is 17.7 Å². The van der Waals surface area contributed by atoms with E-state index in [1.807, 2.05) is 18.6 Å². The number of anilines is 1. The Bertz CT molecular complexity index is 1070. The highest BCUT2D eigenvalue weighted by atomic mass is 32.2. The van der Waals surface area contributed by atoms with Crippen LogP contribution in [0.25, 0.3) is 6.08 Å². The lowest BCUT2D eigenvalue weighted by Crippen LogP contribution is -2.47. The van der Waals surface area contributed by atoms with Crippen LogP contribution in [0.5, 0.6) is 0 Å². The molecule has 0 fully saturated rings. The number of carbonyl (C=O) groups excluding carboxylic acids is 2. The largest absolute Gasteiger partial charge is 0.309 e. The number of nitrogens with one attached hydrogen (secondary N) is 1. The molecule has 1 N–H and O–H groups in total. The lowest BCUT2D eigenvalue weighted by molar-refractivity contribution is -0.133. The highest BCUT2D eigenvalue weighted by Gasteiger charge is 2.34. The highest BCUT2D eigenvalue weighted by Crippen LogP contribution is 2.24. The second-order valence-electron chi connectivity index (χ2n) is 8.53. The zero-order valence-corrected chi connectivity index (χ0v) is 20.2. The molecule has 0 radical (unpaired) electrons. The number of nitrogens with zero attached hydrogens (tertiary/aromatic N) is 1. The van der Waals surface area contributed by atoms with E-state index in [4.69, 9.17) is 0 Å². The molecule has 0 aromatic heterocycles. The van der Waals surface area contributed by atoms with Crippen LogP contribution in [0.4, 0.5) is 10.1 Å². The molecule has 1 atom stereocenters. The number of benzene rings is 2. The quantitative estimate of drug-likeness (QED) is 0.505. The van der Waals surface area contributed by atoms with E-state index in [1.54, 1.807) is 44.2 Å². The van der Waals surface area contributed by atoms with Crippen molar-refractivity contribution in [1.82, 2.24) is 4.72 Å². The van der Waals surface area contributed by atoms with Crippen LogP contribution < -0.4 is 9.62 Å². The van der Waals surface area contributed by atoms with Gasteiger partial charge in [0.15, 0.2) is 0 Å². The smallest absolute Gasteiger partial charge is 0.257 e. The van der Waals surface area contributed by atoms with Crippen molar-refractivity contribution in [1.29, 1.82) is 0 Å². The second-order valence-corrected chi connectivity index (χ2v) is 10.1. The van der Waals surface area contributed by atoms with E-state index in [1.165, 1.54) is 35.2 Å². The van der Waals surface area contributed by atoms with Gasteiger partial charge in [0.2, 0.25) is 11.8 Å². The van der Waals surface area contributed by atoms with Crippen LogP contribution in [0.1, 0.15) is 46.1 Å². The number of sulfonamides is 1. The molecular weight excluding hydrogens is 443 g/mol. The maximum absolute atomic E-state index is 13.4. The summed E-state index contributed by atoms with van der Waals surface area (Å²) in [5, 5.41) is 0.907.